The average Bonchev–Trinajstić information content (AvgIpc) is 3.10. The van der Waals surface area contributed by atoms with E-state index in [0.717, 1.165) is 23.1 Å². The minimum atomic E-state index is 0.530. The zero-order valence-electron chi connectivity index (χ0n) is 13.3. The standard InChI is InChI=1S/C19H21N3O/c1-2-3-4-14-5-11-17(12-6-14)19-21-18(22-23-19)16-9-7-15(13-20)8-10-16/h5-12H,2-4,13,20H2,1H3. The minimum absolute atomic E-state index is 0.530. The first-order chi connectivity index (χ1) is 11.3. The van der Waals surface area contributed by atoms with Crippen molar-refractivity contribution in [1.82, 2.24) is 10.1 Å². The summed E-state index contributed by atoms with van der Waals surface area (Å²) in [6.07, 6.45) is 3.53. The van der Waals surface area contributed by atoms with E-state index in [9.17, 15) is 0 Å². The number of nitrogens with zero attached hydrogens (tertiary/aromatic N) is 2. The van der Waals surface area contributed by atoms with E-state index in [2.05, 4.69) is 29.2 Å². The van der Waals surface area contributed by atoms with Gasteiger partial charge in [-0.05, 0) is 36.1 Å². The average molecular weight is 307 g/mol. The van der Waals surface area contributed by atoms with Gasteiger partial charge in [0.15, 0.2) is 0 Å². The van der Waals surface area contributed by atoms with E-state index in [4.69, 9.17) is 10.3 Å². The number of unbranched alkanes of at least 4 members (excludes halogenated alkanes) is 1. The Balaban J connectivity index is 1.78. The molecule has 0 bridgehead atoms. The molecule has 0 radical (unpaired) electrons. The van der Waals surface area contributed by atoms with Crippen molar-refractivity contribution < 1.29 is 4.52 Å². The van der Waals surface area contributed by atoms with Crippen LogP contribution in [0.1, 0.15) is 30.9 Å². The van der Waals surface area contributed by atoms with E-state index in [0.29, 0.717) is 18.3 Å². The number of aryl methyl sites for hydroxylation is 1. The fourth-order valence-corrected chi connectivity index (χ4v) is 2.44. The van der Waals surface area contributed by atoms with Crippen LogP contribution in [-0.2, 0) is 13.0 Å². The molecule has 0 saturated carbocycles. The normalized spacial score (nSPS) is 10.9. The summed E-state index contributed by atoms with van der Waals surface area (Å²) < 4.78 is 5.40. The minimum Gasteiger partial charge on any atom is -0.334 e. The molecule has 0 unspecified atom stereocenters. The topological polar surface area (TPSA) is 64.9 Å². The Kier molecular flexibility index (Phi) is 4.83. The maximum atomic E-state index is 5.61. The van der Waals surface area contributed by atoms with Crippen molar-refractivity contribution in [3.05, 3.63) is 59.7 Å². The van der Waals surface area contributed by atoms with Gasteiger partial charge in [0.1, 0.15) is 0 Å². The Morgan fingerprint density at radius 1 is 0.913 bits per heavy atom. The molecule has 0 fully saturated rings. The van der Waals surface area contributed by atoms with Crippen LogP contribution in [0.5, 0.6) is 0 Å². The van der Waals surface area contributed by atoms with Gasteiger partial charge < -0.3 is 10.3 Å². The first kappa shape index (κ1) is 15.4. The number of aromatic nitrogens is 2. The summed E-state index contributed by atoms with van der Waals surface area (Å²) in [5.41, 5.74) is 9.91. The highest BCUT2D eigenvalue weighted by molar-refractivity contribution is 5.60. The fraction of sp³-hybridized carbons (Fsp3) is 0.263. The molecule has 118 valence electrons. The van der Waals surface area contributed by atoms with E-state index in [1.807, 2.05) is 36.4 Å². The van der Waals surface area contributed by atoms with Gasteiger partial charge in [-0.25, -0.2) is 0 Å². The lowest BCUT2D eigenvalue weighted by atomic mass is 10.1. The number of benzene rings is 2. The van der Waals surface area contributed by atoms with Crippen LogP contribution in [0.4, 0.5) is 0 Å². The molecular weight excluding hydrogens is 286 g/mol. The molecule has 0 atom stereocenters. The first-order valence-corrected chi connectivity index (χ1v) is 8.02. The van der Waals surface area contributed by atoms with Crippen LogP contribution in [0.15, 0.2) is 53.1 Å². The molecule has 3 rings (SSSR count). The zero-order chi connectivity index (χ0) is 16.1. The van der Waals surface area contributed by atoms with Crippen molar-refractivity contribution in [3.63, 3.8) is 0 Å². The van der Waals surface area contributed by atoms with Crippen LogP contribution < -0.4 is 5.73 Å². The fourth-order valence-electron chi connectivity index (χ4n) is 2.44. The molecule has 1 aromatic heterocycles. The lowest BCUT2D eigenvalue weighted by Gasteiger charge is -2.00. The second kappa shape index (κ2) is 7.20. The van der Waals surface area contributed by atoms with Crippen LogP contribution >= 0.6 is 0 Å². The second-order valence-electron chi connectivity index (χ2n) is 5.62. The number of nitrogens with two attached hydrogens (primary N) is 1. The monoisotopic (exact) mass is 307 g/mol. The molecule has 0 spiro atoms. The Morgan fingerprint density at radius 2 is 1.57 bits per heavy atom. The second-order valence-corrected chi connectivity index (χ2v) is 5.62. The summed E-state index contributed by atoms with van der Waals surface area (Å²) in [7, 11) is 0. The largest absolute Gasteiger partial charge is 0.334 e. The summed E-state index contributed by atoms with van der Waals surface area (Å²) in [4.78, 5) is 4.49. The quantitative estimate of drug-likeness (QED) is 0.741. The van der Waals surface area contributed by atoms with E-state index in [-0.39, 0.29) is 0 Å². The summed E-state index contributed by atoms with van der Waals surface area (Å²) in [5, 5.41) is 4.07. The van der Waals surface area contributed by atoms with Crippen molar-refractivity contribution >= 4 is 0 Å². The van der Waals surface area contributed by atoms with Crippen molar-refractivity contribution in [2.45, 2.75) is 32.7 Å². The maximum Gasteiger partial charge on any atom is 0.258 e. The molecular formula is C19H21N3O. The molecule has 1 heterocycles. The number of hydrogen-bond acceptors (Lipinski definition) is 4. The molecule has 0 aliphatic heterocycles. The van der Waals surface area contributed by atoms with Crippen molar-refractivity contribution in [2.24, 2.45) is 5.73 Å². The molecule has 4 heteroatoms. The molecule has 0 amide bonds. The number of hydrogen-bond donors (Lipinski definition) is 1. The van der Waals surface area contributed by atoms with E-state index >= 15 is 0 Å². The van der Waals surface area contributed by atoms with Crippen LogP contribution in [0, 0.1) is 0 Å². The highest BCUT2D eigenvalue weighted by Gasteiger charge is 2.10. The molecule has 3 aromatic rings. The van der Waals surface area contributed by atoms with Crippen molar-refractivity contribution in [3.8, 4) is 22.8 Å². The summed E-state index contributed by atoms with van der Waals surface area (Å²) in [6.45, 7) is 2.73. The predicted molar refractivity (Wildman–Crippen MR) is 91.7 cm³/mol. The Hall–Kier alpha value is -2.46. The van der Waals surface area contributed by atoms with Crippen LogP contribution in [0.2, 0.25) is 0 Å². The summed E-state index contributed by atoms with van der Waals surface area (Å²) in [6, 6.07) is 16.2. The van der Waals surface area contributed by atoms with Gasteiger partial charge in [0.25, 0.3) is 5.89 Å². The van der Waals surface area contributed by atoms with Crippen LogP contribution in [0.25, 0.3) is 22.8 Å². The highest BCUT2D eigenvalue weighted by Crippen LogP contribution is 2.23. The summed E-state index contributed by atoms with van der Waals surface area (Å²) in [5.74, 6) is 1.14. The SMILES string of the molecule is CCCCc1ccc(-c2nc(-c3ccc(CN)cc3)no2)cc1. The van der Waals surface area contributed by atoms with Crippen LogP contribution in [-0.4, -0.2) is 10.1 Å². The molecule has 0 saturated heterocycles. The van der Waals surface area contributed by atoms with Gasteiger partial charge in [0, 0.05) is 17.7 Å². The Morgan fingerprint density at radius 3 is 2.22 bits per heavy atom. The molecule has 4 nitrogen and oxygen atoms in total. The Bertz CT molecular complexity index is 745. The van der Waals surface area contributed by atoms with Gasteiger partial charge in [0.05, 0.1) is 0 Å². The van der Waals surface area contributed by atoms with Gasteiger partial charge in [-0.3, -0.25) is 0 Å². The lowest BCUT2D eigenvalue weighted by Crippen LogP contribution is -1.95. The third-order valence-electron chi connectivity index (χ3n) is 3.89. The molecule has 2 N–H and O–H groups in total. The van der Waals surface area contributed by atoms with E-state index in [1.54, 1.807) is 0 Å². The number of rotatable bonds is 6. The highest BCUT2D eigenvalue weighted by atomic mass is 16.5. The van der Waals surface area contributed by atoms with Crippen molar-refractivity contribution in [2.75, 3.05) is 0 Å². The first-order valence-electron chi connectivity index (χ1n) is 8.02. The maximum absolute atomic E-state index is 5.61. The van der Waals surface area contributed by atoms with Crippen molar-refractivity contribution in [1.29, 1.82) is 0 Å². The smallest absolute Gasteiger partial charge is 0.258 e. The van der Waals surface area contributed by atoms with Gasteiger partial charge in [-0.1, -0.05) is 54.9 Å². The zero-order valence-corrected chi connectivity index (χ0v) is 13.3. The summed E-state index contributed by atoms with van der Waals surface area (Å²) >= 11 is 0. The molecule has 0 aliphatic carbocycles. The van der Waals surface area contributed by atoms with E-state index in [1.165, 1.54) is 18.4 Å². The third-order valence-corrected chi connectivity index (χ3v) is 3.89. The lowest BCUT2D eigenvalue weighted by molar-refractivity contribution is 0.432. The Labute approximate surface area is 136 Å². The van der Waals surface area contributed by atoms with Gasteiger partial charge >= 0.3 is 0 Å². The predicted octanol–water partition coefficient (Wildman–Crippen LogP) is 4.20. The molecule has 0 aliphatic rings. The van der Waals surface area contributed by atoms with Crippen LogP contribution in [0.3, 0.4) is 0 Å². The van der Waals surface area contributed by atoms with E-state index < -0.39 is 0 Å². The van der Waals surface area contributed by atoms with Gasteiger partial charge in [-0.15, -0.1) is 0 Å². The van der Waals surface area contributed by atoms with Gasteiger partial charge in [-0.2, -0.15) is 4.98 Å². The molecule has 23 heavy (non-hydrogen) atoms. The molecule has 2 aromatic carbocycles. The van der Waals surface area contributed by atoms with Gasteiger partial charge in [0.2, 0.25) is 5.82 Å². The third kappa shape index (κ3) is 3.66.